The van der Waals surface area contributed by atoms with E-state index in [0.717, 1.165) is 35.6 Å². The number of thiocarbonyl (C=S) groups is 1. The summed E-state index contributed by atoms with van der Waals surface area (Å²) in [7, 11) is 0. The van der Waals surface area contributed by atoms with Gasteiger partial charge in [-0.25, -0.2) is 0 Å². The Hall–Kier alpha value is -2.11. The van der Waals surface area contributed by atoms with Crippen molar-refractivity contribution < 1.29 is 9.53 Å². The number of ether oxygens (including phenoxy) is 1. The van der Waals surface area contributed by atoms with Crippen LogP contribution in [0.25, 0.3) is 6.08 Å². The number of aryl methyl sites for hydroxylation is 1. The molecule has 1 amide bonds. The number of amides is 1. The molecule has 0 aromatic heterocycles. The molecule has 1 heterocycles. The normalized spacial score (nSPS) is 15.3. The number of thioether (sulfide) groups is 1. The van der Waals surface area contributed by atoms with Crippen LogP contribution in [0.5, 0.6) is 5.75 Å². The van der Waals surface area contributed by atoms with Crippen LogP contribution in [0.1, 0.15) is 56.6 Å². The minimum atomic E-state index is -0.0669. The van der Waals surface area contributed by atoms with Crippen LogP contribution in [0.4, 0.5) is 5.69 Å². The highest BCUT2D eigenvalue weighted by molar-refractivity contribution is 8.27. The highest BCUT2D eigenvalue weighted by Gasteiger charge is 2.33. The van der Waals surface area contributed by atoms with E-state index in [1.807, 2.05) is 61.5 Å². The van der Waals surface area contributed by atoms with Gasteiger partial charge in [-0.2, -0.15) is 0 Å². The van der Waals surface area contributed by atoms with Crippen molar-refractivity contribution in [3.63, 3.8) is 0 Å². The molecule has 1 fully saturated rings. The average Bonchev–Trinajstić information content (AvgIpc) is 3.02. The maximum absolute atomic E-state index is 12.9. The quantitative estimate of drug-likeness (QED) is 0.223. The molecule has 158 valence electrons. The maximum Gasteiger partial charge on any atom is 0.270 e. The van der Waals surface area contributed by atoms with E-state index >= 15 is 0 Å². The molecule has 5 heteroatoms. The molecule has 0 N–H and O–H groups in total. The van der Waals surface area contributed by atoms with Crippen LogP contribution in [0.15, 0.2) is 53.4 Å². The molecule has 0 radical (unpaired) electrons. The van der Waals surface area contributed by atoms with Crippen LogP contribution in [0.2, 0.25) is 0 Å². The Bertz CT molecular complexity index is 906. The Labute approximate surface area is 189 Å². The van der Waals surface area contributed by atoms with E-state index in [2.05, 4.69) is 6.92 Å². The van der Waals surface area contributed by atoms with Crippen molar-refractivity contribution in [1.82, 2.24) is 0 Å². The number of carbonyl (C=O) groups is 1. The van der Waals surface area contributed by atoms with Crippen molar-refractivity contribution in [3.05, 3.63) is 64.6 Å². The molecule has 0 bridgehead atoms. The van der Waals surface area contributed by atoms with E-state index in [1.165, 1.54) is 43.9 Å². The zero-order valence-corrected chi connectivity index (χ0v) is 19.4. The first-order chi connectivity index (χ1) is 14.6. The second kappa shape index (κ2) is 11.3. The molecule has 1 saturated heterocycles. The lowest BCUT2D eigenvalue weighted by molar-refractivity contribution is -0.113. The van der Waals surface area contributed by atoms with Crippen molar-refractivity contribution in [2.45, 2.75) is 52.4 Å². The van der Waals surface area contributed by atoms with Crippen molar-refractivity contribution >= 4 is 46.0 Å². The highest BCUT2D eigenvalue weighted by Crippen LogP contribution is 2.37. The lowest BCUT2D eigenvalue weighted by Crippen LogP contribution is -2.28. The molecule has 0 aliphatic carbocycles. The monoisotopic (exact) mass is 439 g/mol. The van der Waals surface area contributed by atoms with Crippen LogP contribution >= 0.6 is 24.0 Å². The summed E-state index contributed by atoms with van der Waals surface area (Å²) in [5.41, 5.74) is 2.84. The van der Waals surface area contributed by atoms with Gasteiger partial charge in [-0.1, -0.05) is 93.3 Å². The standard InChI is InChI=1S/C25H29NO2S2/c1-3-4-5-6-7-10-17-28-21-15-13-20(14-16-21)18-23-24(27)26(25(29)30-23)22-12-9-8-11-19(22)2/h8-9,11-16,18H,3-7,10,17H2,1-2H3/b23-18-. The van der Waals surface area contributed by atoms with E-state index in [9.17, 15) is 4.79 Å². The fourth-order valence-corrected chi connectivity index (χ4v) is 4.66. The second-order valence-corrected chi connectivity index (χ2v) is 9.16. The lowest BCUT2D eigenvalue weighted by atomic mass is 10.1. The Morgan fingerprint density at radius 2 is 1.70 bits per heavy atom. The van der Waals surface area contributed by atoms with Gasteiger partial charge in [-0.3, -0.25) is 9.69 Å². The van der Waals surface area contributed by atoms with E-state index in [1.54, 1.807) is 4.90 Å². The number of anilines is 1. The van der Waals surface area contributed by atoms with Crippen LogP contribution in [0.3, 0.4) is 0 Å². The third-order valence-electron chi connectivity index (χ3n) is 5.09. The number of carbonyl (C=O) groups excluding carboxylic acids is 1. The van der Waals surface area contributed by atoms with Gasteiger partial charge in [0.2, 0.25) is 0 Å². The number of hydrogen-bond acceptors (Lipinski definition) is 4. The molecule has 0 saturated carbocycles. The predicted molar refractivity (Wildman–Crippen MR) is 132 cm³/mol. The number of para-hydroxylation sites is 1. The second-order valence-electron chi connectivity index (χ2n) is 7.49. The average molecular weight is 440 g/mol. The number of hydrogen-bond donors (Lipinski definition) is 0. The Kier molecular flexibility index (Phi) is 8.52. The molecule has 30 heavy (non-hydrogen) atoms. The molecule has 2 aromatic rings. The van der Waals surface area contributed by atoms with Crippen molar-refractivity contribution in [2.75, 3.05) is 11.5 Å². The summed E-state index contributed by atoms with van der Waals surface area (Å²) in [4.78, 5) is 15.2. The Morgan fingerprint density at radius 1 is 1.00 bits per heavy atom. The zero-order valence-electron chi connectivity index (χ0n) is 17.7. The molecular formula is C25H29NO2S2. The lowest BCUT2D eigenvalue weighted by Gasteiger charge is -2.16. The minimum absolute atomic E-state index is 0.0669. The largest absolute Gasteiger partial charge is 0.494 e. The van der Waals surface area contributed by atoms with Crippen molar-refractivity contribution in [1.29, 1.82) is 0 Å². The Balaban J connectivity index is 1.56. The number of unbranched alkanes of at least 4 members (excludes halogenated alkanes) is 5. The molecule has 0 atom stereocenters. The summed E-state index contributed by atoms with van der Waals surface area (Å²) in [6.45, 7) is 4.97. The molecule has 0 spiro atoms. The third kappa shape index (κ3) is 5.96. The predicted octanol–water partition coefficient (Wildman–Crippen LogP) is 7.14. The highest BCUT2D eigenvalue weighted by atomic mass is 32.2. The van der Waals surface area contributed by atoms with Crippen molar-refractivity contribution in [2.24, 2.45) is 0 Å². The van der Waals surface area contributed by atoms with Gasteiger partial charge in [0.15, 0.2) is 4.32 Å². The first kappa shape index (κ1) is 22.6. The zero-order chi connectivity index (χ0) is 21.3. The van der Waals surface area contributed by atoms with E-state index in [-0.39, 0.29) is 5.91 Å². The minimum Gasteiger partial charge on any atom is -0.494 e. The van der Waals surface area contributed by atoms with Gasteiger partial charge in [-0.05, 0) is 48.7 Å². The summed E-state index contributed by atoms with van der Waals surface area (Å²) in [6.07, 6.45) is 9.42. The smallest absolute Gasteiger partial charge is 0.270 e. The van der Waals surface area contributed by atoms with Gasteiger partial charge < -0.3 is 4.74 Å². The summed E-state index contributed by atoms with van der Waals surface area (Å²) in [5.74, 6) is 0.802. The molecule has 1 aliphatic rings. The summed E-state index contributed by atoms with van der Waals surface area (Å²) < 4.78 is 6.41. The first-order valence-corrected chi connectivity index (χ1v) is 11.9. The van der Waals surface area contributed by atoms with Gasteiger partial charge in [0.1, 0.15) is 5.75 Å². The fourth-order valence-electron chi connectivity index (χ4n) is 3.37. The molecule has 2 aromatic carbocycles. The van der Waals surface area contributed by atoms with Crippen LogP contribution in [0, 0.1) is 6.92 Å². The van der Waals surface area contributed by atoms with Crippen LogP contribution < -0.4 is 9.64 Å². The molecule has 1 aliphatic heterocycles. The van der Waals surface area contributed by atoms with Crippen LogP contribution in [-0.2, 0) is 4.79 Å². The number of benzene rings is 2. The third-order valence-corrected chi connectivity index (χ3v) is 6.40. The first-order valence-electron chi connectivity index (χ1n) is 10.7. The van der Waals surface area contributed by atoms with Gasteiger partial charge >= 0.3 is 0 Å². The topological polar surface area (TPSA) is 29.5 Å². The fraction of sp³-hybridized carbons (Fsp3) is 0.360. The van der Waals surface area contributed by atoms with Gasteiger partial charge in [0.25, 0.3) is 5.91 Å². The van der Waals surface area contributed by atoms with E-state index in [0.29, 0.717) is 9.23 Å². The SMILES string of the molecule is CCCCCCCCOc1ccc(/C=C2\SC(=S)N(c3ccccc3C)C2=O)cc1. The van der Waals surface area contributed by atoms with E-state index < -0.39 is 0 Å². The van der Waals surface area contributed by atoms with Gasteiger partial charge in [-0.15, -0.1) is 0 Å². The Morgan fingerprint density at radius 3 is 2.43 bits per heavy atom. The van der Waals surface area contributed by atoms with Crippen LogP contribution in [-0.4, -0.2) is 16.8 Å². The summed E-state index contributed by atoms with van der Waals surface area (Å²) in [6, 6.07) is 15.7. The van der Waals surface area contributed by atoms with Crippen molar-refractivity contribution in [3.8, 4) is 5.75 Å². The molecule has 3 nitrogen and oxygen atoms in total. The summed E-state index contributed by atoms with van der Waals surface area (Å²) >= 11 is 6.82. The number of nitrogens with zero attached hydrogens (tertiary/aromatic N) is 1. The van der Waals surface area contributed by atoms with Gasteiger partial charge in [0, 0.05) is 0 Å². The molecule has 0 unspecified atom stereocenters. The summed E-state index contributed by atoms with van der Waals surface area (Å²) in [5, 5.41) is 0. The molecular weight excluding hydrogens is 410 g/mol. The number of rotatable bonds is 10. The maximum atomic E-state index is 12.9. The van der Waals surface area contributed by atoms with E-state index in [4.69, 9.17) is 17.0 Å². The van der Waals surface area contributed by atoms with Gasteiger partial charge in [0.05, 0.1) is 17.2 Å². The molecule has 3 rings (SSSR count).